The normalized spacial score (nSPS) is 10.9. The zero-order chi connectivity index (χ0) is 10.8. The van der Waals surface area contributed by atoms with E-state index in [1.165, 1.54) is 6.33 Å². The molecule has 15 heavy (non-hydrogen) atoms. The van der Waals surface area contributed by atoms with Crippen molar-refractivity contribution in [3.63, 3.8) is 0 Å². The number of nitrogens with one attached hydrogen (secondary N) is 1. The second-order valence-corrected chi connectivity index (χ2v) is 3.34. The number of rotatable bonds is 3. The first-order valence-electron chi connectivity index (χ1n) is 4.79. The van der Waals surface area contributed by atoms with Crippen LogP contribution in [0, 0.1) is 13.8 Å². The van der Waals surface area contributed by atoms with Gasteiger partial charge >= 0.3 is 0 Å². The number of fused-ring (bicyclic) bond motifs is 1. The number of hydrogen-bond acceptors (Lipinski definition) is 5. The molecule has 5 nitrogen and oxygen atoms in total. The van der Waals surface area contributed by atoms with Gasteiger partial charge in [0.05, 0.1) is 12.0 Å². The summed E-state index contributed by atoms with van der Waals surface area (Å²) in [5, 5.41) is 12.7. The first-order valence-corrected chi connectivity index (χ1v) is 4.79. The van der Waals surface area contributed by atoms with E-state index in [1.807, 2.05) is 13.8 Å². The highest BCUT2D eigenvalue weighted by atomic mass is 16.3. The molecule has 0 aromatic carbocycles. The molecule has 5 heteroatoms. The molecule has 2 heterocycles. The number of furan rings is 1. The van der Waals surface area contributed by atoms with Crippen LogP contribution in [0.4, 0.5) is 5.82 Å². The van der Waals surface area contributed by atoms with Gasteiger partial charge in [0, 0.05) is 12.1 Å². The Morgan fingerprint density at radius 3 is 2.93 bits per heavy atom. The molecule has 0 aliphatic rings. The number of aliphatic hydroxyl groups is 1. The lowest BCUT2D eigenvalue weighted by atomic mass is 10.2. The van der Waals surface area contributed by atoms with Gasteiger partial charge in [-0.15, -0.1) is 0 Å². The van der Waals surface area contributed by atoms with Gasteiger partial charge in [-0.05, 0) is 13.8 Å². The van der Waals surface area contributed by atoms with Crippen molar-refractivity contribution in [3.05, 3.63) is 17.7 Å². The molecule has 0 bridgehead atoms. The molecule has 0 unspecified atom stereocenters. The predicted octanol–water partition coefficient (Wildman–Crippen LogP) is 1.24. The van der Waals surface area contributed by atoms with Crippen molar-refractivity contribution in [1.29, 1.82) is 0 Å². The van der Waals surface area contributed by atoms with E-state index in [9.17, 15) is 0 Å². The fraction of sp³-hybridized carbons (Fsp3) is 0.400. The van der Waals surface area contributed by atoms with Crippen molar-refractivity contribution in [2.45, 2.75) is 13.8 Å². The summed E-state index contributed by atoms with van der Waals surface area (Å²) in [7, 11) is 0. The van der Waals surface area contributed by atoms with Gasteiger partial charge in [-0.2, -0.15) is 0 Å². The molecule has 0 amide bonds. The number of anilines is 1. The van der Waals surface area contributed by atoms with Crippen LogP contribution in [-0.4, -0.2) is 28.2 Å². The number of aliphatic hydroxyl groups excluding tert-OH is 1. The van der Waals surface area contributed by atoms with Gasteiger partial charge in [0.25, 0.3) is 0 Å². The number of aryl methyl sites for hydroxylation is 2. The highest BCUT2D eigenvalue weighted by molar-refractivity contribution is 5.89. The van der Waals surface area contributed by atoms with Crippen LogP contribution in [0.1, 0.15) is 11.3 Å². The van der Waals surface area contributed by atoms with E-state index in [2.05, 4.69) is 15.3 Å². The Morgan fingerprint density at radius 1 is 1.40 bits per heavy atom. The summed E-state index contributed by atoms with van der Waals surface area (Å²) in [4.78, 5) is 8.18. The number of aromatic nitrogens is 2. The molecule has 0 saturated heterocycles. The quantitative estimate of drug-likeness (QED) is 0.792. The van der Waals surface area contributed by atoms with Crippen LogP contribution in [0.2, 0.25) is 0 Å². The Morgan fingerprint density at radius 2 is 2.20 bits per heavy atom. The first kappa shape index (κ1) is 9.92. The lowest BCUT2D eigenvalue weighted by molar-refractivity contribution is 0.311. The van der Waals surface area contributed by atoms with Crippen LogP contribution < -0.4 is 5.32 Å². The monoisotopic (exact) mass is 207 g/mol. The highest BCUT2D eigenvalue weighted by Crippen LogP contribution is 2.27. The predicted molar refractivity (Wildman–Crippen MR) is 56.9 cm³/mol. The standard InChI is InChI=1S/C10H13N3O2/c1-6-7(2)15-10-8(6)9(11-3-4-14)12-5-13-10/h5,14H,3-4H2,1-2H3,(H,11,12,13). The Bertz CT molecular complexity index is 479. The van der Waals surface area contributed by atoms with E-state index in [4.69, 9.17) is 9.52 Å². The maximum Gasteiger partial charge on any atom is 0.231 e. The van der Waals surface area contributed by atoms with Crippen molar-refractivity contribution in [2.24, 2.45) is 0 Å². The third-order valence-electron chi connectivity index (χ3n) is 2.37. The van der Waals surface area contributed by atoms with E-state index in [0.717, 1.165) is 16.7 Å². The number of nitrogens with zero attached hydrogens (tertiary/aromatic N) is 2. The highest BCUT2D eigenvalue weighted by Gasteiger charge is 2.12. The van der Waals surface area contributed by atoms with Crippen LogP contribution in [0.5, 0.6) is 0 Å². The summed E-state index contributed by atoms with van der Waals surface area (Å²) in [6, 6.07) is 0. The second kappa shape index (κ2) is 3.86. The van der Waals surface area contributed by atoms with Gasteiger partial charge in [0.2, 0.25) is 5.71 Å². The maximum atomic E-state index is 8.74. The molecule has 0 aliphatic carbocycles. The van der Waals surface area contributed by atoms with Gasteiger partial charge in [-0.3, -0.25) is 0 Å². The molecule has 0 atom stereocenters. The summed E-state index contributed by atoms with van der Waals surface area (Å²) in [5.41, 5.74) is 1.62. The summed E-state index contributed by atoms with van der Waals surface area (Å²) < 4.78 is 5.47. The van der Waals surface area contributed by atoms with Crippen molar-refractivity contribution >= 4 is 16.9 Å². The summed E-state index contributed by atoms with van der Waals surface area (Å²) in [6.45, 7) is 4.40. The van der Waals surface area contributed by atoms with Gasteiger partial charge in [-0.1, -0.05) is 0 Å². The Kier molecular flexibility index (Phi) is 2.55. The van der Waals surface area contributed by atoms with Gasteiger partial charge in [0.1, 0.15) is 17.9 Å². The molecule has 0 spiro atoms. The van der Waals surface area contributed by atoms with Crippen LogP contribution >= 0.6 is 0 Å². The van der Waals surface area contributed by atoms with E-state index < -0.39 is 0 Å². The average Bonchev–Trinajstić information content (AvgIpc) is 2.53. The second-order valence-electron chi connectivity index (χ2n) is 3.34. The van der Waals surface area contributed by atoms with E-state index in [0.29, 0.717) is 18.1 Å². The molecule has 2 rings (SSSR count). The van der Waals surface area contributed by atoms with E-state index in [-0.39, 0.29) is 6.61 Å². The summed E-state index contributed by atoms with van der Waals surface area (Å²) >= 11 is 0. The minimum absolute atomic E-state index is 0.0708. The zero-order valence-electron chi connectivity index (χ0n) is 8.74. The molecule has 0 radical (unpaired) electrons. The van der Waals surface area contributed by atoms with Crippen LogP contribution in [-0.2, 0) is 0 Å². The molecular formula is C10H13N3O2. The van der Waals surface area contributed by atoms with E-state index in [1.54, 1.807) is 0 Å². The molecule has 2 N–H and O–H groups in total. The van der Waals surface area contributed by atoms with E-state index >= 15 is 0 Å². The molecular weight excluding hydrogens is 194 g/mol. The lowest BCUT2D eigenvalue weighted by Gasteiger charge is -2.03. The number of hydrogen-bond donors (Lipinski definition) is 2. The average molecular weight is 207 g/mol. The van der Waals surface area contributed by atoms with Crippen LogP contribution in [0.25, 0.3) is 11.1 Å². The molecule has 0 fully saturated rings. The SMILES string of the molecule is Cc1oc2ncnc(NCCO)c2c1C. The van der Waals surface area contributed by atoms with Gasteiger partial charge in [0.15, 0.2) is 0 Å². The van der Waals surface area contributed by atoms with Crippen molar-refractivity contribution in [2.75, 3.05) is 18.5 Å². The minimum Gasteiger partial charge on any atom is -0.443 e. The summed E-state index contributed by atoms with van der Waals surface area (Å²) in [6.07, 6.45) is 1.45. The maximum absolute atomic E-state index is 8.74. The fourth-order valence-corrected chi connectivity index (χ4v) is 1.49. The van der Waals surface area contributed by atoms with Crippen molar-refractivity contribution < 1.29 is 9.52 Å². The van der Waals surface area contributed by atoms with Crippen LogP contribution in [0.3, 0.4) is 0 Å². The third kappa shape index (κ3) is 1.66. The minimum atomic E-state index is 0.0708. The topological polar surface area (TPSA) is 71.2 Å². The molecule has 2 aromatic heterocycles. The Labute approximate surface area is 87.2 Å². The summed E-state index contributed by atoms with van der Waals surface area (Å²) in [5.74, 6) is 1.56. The first-order chi connectivity index (χ1) is 7.24. The lowest BCUT2D eigenvalue weighted by Crippen LogP contribution is -2.07. The largest absolute Gasteiger partial charge is 0.443 e. The van der Waals surface area contributed by atoms with Crippen LogP contribution in [0.15, 0.2) is 10.7 Å². The fourth-order valence-electron chi connectivity index (χ4n) is 1.49. The molecule has 0 saturated carbocycles. The Balaban J connectivity index is 2.53. The molecule has 0 aliphatic heterocycles. The smallest absolute Gasteiger partial charge is 0.231 e. The third-order valence-corrected chi connectivity index (χ3v) is 2.37. The Hall–Kier alpha value is -1.62. The van der Waals surface area contributed by atoms with Gasteiger partial charge in [-0.25, -0.2) is 9.97 Å². The van der Waals surface area contributed by atoms with Crippen molar-refractivity contribution in [3.8, 4) is 0 Å². The zero-order valence-corrected chi connectivity index (χ0v) is 8.74. The molecule has 80 valence electrons. The van der Waals surface area contributed by atoms with Gasteiger partial charge < -0.3 is 14.8 Å². The molecule has 2 aromatic rings. The van der Waals surface area contributed by atoms with Crippen molar-refractivity contribution in [1.82, 2.24) is 9.97 Å².